The predicted molar refractivity (Wildman–Crippen MR) is 78.4 cm³/mol. The van der Waals surface area contributed by atoms with E-state index in [1.54, 1.807) is 0 Å². The Labute approximate surface area is 114 Å². The van der Waals surface area contributed by atoms with Gasteiger partial charge >= 0.3 is 0 Å². The van der Waals surface area contributed by atoms with Gasteiger partial charge in [-0.1, -0.05) is 54.6 Å². The van der Waals surface area contributed by atoms with Crippen LogP contribution < -0.4 is 4.72 Å². The minimum Gasteiger partial charge on any atom is -0.215 e. The first-order valence-corrected chi connectivity index (χ1v) is 8.03. The van der Waals surface area contributed by atoms with Crippen molar-refractivity contribution in [2.45, 2.75) is 6.42 Å². The highest BCUT2D eigenvalue weighted by Gasteiger charge is 2.01. The zero-order chi connectivity index (χ0) is 13.7. The minimum absolute atomic E-state index is 0.434. The Kier molecular flexibility index (Phi) is 4.35. The van der Waals surface area contributed by atoms with E-state index in [4.69, 9.17) is 0 Å². The van der Waals surface area contributed by atoms with E-state index in [-0.39, 0.29) is 0 Å². The van der Waals surface area contributed by atoms with Crippen LogP contribution in [0, 0.1) is 0 Å². The van der Waals surface area contributed by atoms with Gasteiger partial charge in [0.15, 0.2) is 0 Å². The monoisotopic (exact) mass is 275 g/mol. The van der Waals surface area contributed by atoms with Crippen LogP contribution in [0.4, 0.5) is 0 Å². The molecule has 2 aromatic rings. The maximum Gasteiger partial charge on any atom is 0.208 e. The van der Waals surface area contributed by atoms with Gasteiger partial charge < -0.3 is 0 Å². The second-order valence-electron chi connectivity index (χ2n) is 4.48. The van der Waals surface area contributed by atoms with Crippen LogP contribution in [0.3, 0.4) is 0 Å². The van der Waals surface area contributed by atoms with Crippen LogP contribution in [0.1, 0.15) is 5.56 Å². The molecule has 0 atom stereocenters. The molecule has 2 aromatic carbocycles. The molecule has 1 N–H and O–H groups in total. The smallest absolute Gasteiger partial charge is 0.208 e. The third-order valence-electron chi connectivity index (χ3n) is 2.84. The average molecular weight is 275 g/mol. The molecule has 0 spiro atoms. The lowest BCUT2D eigenvalue weighted by Gasteiger charge is -2.05. The van der Waals surface area contributed by atoms with Crippen LogP contribution in [-0.2, 0) is 16.4 Å². The average Bonchev–Trinajstić information content (AvgIpc) is 2.39. The number of sulfonamides is 1. The van der Waals surface area contributed by atoms with Crippen LogP contribution >= 0.6 is 0 Å². The lowest BCUT2D eigenvalue weighted by atomic mass is 10.0. The number of rotatable bonds is 5. The fraction of sp³-hybridized carbons (Fsp3) is 0.200. The summed E-state index contributed by atoms with van der Waals surface area (Å²) in [6, 6.07) is 18.3. The topological polar surface area (TPSA) is 46.2 Å². The van der Waals surface area contributed by atoms with Gasteiger partial charge in [-0.15, -0.1) is 0 Å². The molecule has 0 bridgehead atoms. The Bertz CT molecular complexity index is 619. The summed E-state index contributed by atoms with van der Waals surface area (Å²) in [6.07, 6.45) is 1.87. The molecule has 0 unspecified atom stereocenters. The molecule has 2 rings (SSSR count). The van der Waals surface area contributed by atoms with Crippen molar-refractivity contribution in [2.75, 3.05) is 12.8 Å². The lowest BCUT2D eigenvalue weighted by molar-refractivity contribution is 0.588. The molecule has 0 saturated carbocycles. The van der Waals surface area contributed by atoms with Crippen molar-refractivity contribution < 1.29 is 8.42 Å². The Morgan fingerprint density at radius 3 is 2.05 bits per heavy atom. The first-order valence-electron chi connectivity index (χ1n) is 6.13. The molecule has 100 valence electrons. The summed E-state index contributed by atoms with van der Waals surface area (Å²) in [5, 5.41) is 0. The van der Waals surface area contributed by atoms with Gasteiger partial charge in [-0.05, 0) is 23.1 Å². The lowest BCUT2D eigenvalue weighted by Crippen LogP contribution is -2.24. The SMILES string of the molecule is CS(=O)(=O)NCCc1ccc(-c2ccccc2)cc1. The number of nitrogens with one attached hydrogen (secondary N) is 1. The van der Waals surface area contributed by atoms with Crippen molar-refractivity contribution in [2.24, 2.45) is 0 Å². The van der Waals surface area contributed by atoms with Gasteiger partial charge in [0.05, 0.1) is 6.26 Å². The van der Waals surface area contributed by atoms with Crippen LogP contribution in [0.2, 0.25) is 0 Å². The quantitative estimate of drug-likeness (QED) is 0.911. The summed E-state index contributed by atoms with van der Waals surface area (Å²) in [5.74, 6) is 0. The fourth-order valence-corrected chi connectivity index (χ4v) is 2.35. The van der Waals surface area contributed by atoms with Crippen LogP contribution in [0.5, 0.6) is 0 Å². The van der Waals surface area contributed by atoms with Crippen LogP contribution in [-0.4, -0.2) is 21.2 Å². The van der Waals surface area contributed by atoms with Gasteiger partial charge in [-0.2, -0.15) is 0 Å². The fourth-order valence-electron chi connectivity index (χ4n) is 1.88. The van der Waals surface area contributed by atoms with Crippen molar-refractivity contribution in [1.29, 1.82) is 0 Å². The molecule has 0 aliphatic rings. The minimum atomic E-state index is -3.10. The maximum atomic E-state index is 10.9. The summed E-state index contributed by atoms with van der Waals surface area (Å²) in [5.41, 5.74) is 3.47. The highest BCUT2D eigenvalue weighted by Crippen LogP contribution is 2.19. The molecule has 0 aliphatic heterocycles. The van der Waals surface area contributed by atoms with E-state index in [9.17, 15) is 8.42 Å². The van der Waals surface area contributed by atoms with E-state index in [1.165, 1.54) is 17.4 Å². The first-order chi connectivity index (χ1) is 9.04. The van der Waals surface area contributed by atoms with Crippen molar-refractivity contribution in [3.8, 4) is 11.1 Å². The molecule has 0 heterocycles. The molecule has 19 heavy (non-hydrogen) atoms. The Balaban J connectivity index is 1.99. The van der Waals surface area contributed by atoms with Crippen LogP contribution in [0.15, 0.2) is 54.6 Å². The molecule has 4 heteroatoms. The number of hydrogen-bond donors (Lipinski definition) is 1. The van der Waals surface area contributed by atoms with Gasteiger partial charge in [-0.25, -0.2) is 13.1 Å². The van der Waals surface area contributed by atoms with Gasteiger partial charge in [0, 0.05) is 6.54 Å². The molecular weight excluding hydrogens is 258 g/mol. The van der Waals surface area contributed by atoms with Crippen molar-refractivity contribution in [3.05, 3.63) is 60.2 Å². The van der Waals surface area contributed by atoms with Crippen molar-refractivity contribution in [1.82, 2.24) is 4.72 Å². The van der Waals surface area contributed by atoms with E-state index in [0.717, 1.165) is 5.56 Å². The van der Waals surface area contributed by atoms with Crippen molar-refractivity contribution in [3.63, 3.8) is 0 Å². The van der Waals surface area contributed by atoms with Gasteiger partial charge in [0.1, 0.15) is 0 Å². The van der Waals surface area contributed by atoms with Gasteiger partial charge in [-0.3, -0.25) is 0 Å². The van der Waals surface area contributed by atoms with Gasteiger partial charge in [0.2, 0.25) is 10.0 Å². The summed E-state index contributed by atoms with van der Waals surface area (Å²) >= 11 is 0. The molecule has 0 aromatic heterocycles. The van der Waals surface area contributed by atoms with E-state index in [1.807, 2.05) is 30.3 Å². The summed E-state index contributed by atoms with van der Waals surface area (Å²) < 4.78 is 24.4. The summed E-state index contributed by atoms with van der Waals surface area (Å²) in [6.45, 7) is 0.434. The molecule has 0 radical (unpaired) electrons. The molecule has 3 nitrogen and oxygen atoms in total. The Hall–Kier alpha value is -1.65. The molecular formula is C15H17NO2S. The van der Waals surface area contributed by atoms with E-state index in [0.29, 0.717) is 13.0 Å². The third-order valence-corrected chi connectivity index (χ3v) is 3.57. The zero-order valence-electron chi connectivity index (χ0n) is 10.8. The molecule has 0 saturated heterocycles. The van der Waals surface area contributed by atoms with E-state index < -0.39 is 10.0 Å². The van der Waals surface area contributed by atoms with E-state index in [2.05, 4.69) is 29.0 Å². The Morgan fingerprint density at radius 2 is 1.47 bits per heavy atom. The maximum absolute atomic E-state index is 10.9. The second kappa shape index (κ2) is 5.99. The predicted octanol–water partition coefficient (Wildman–Crippen LogP) is 2.45. The normalized spacial score (nSPS) is 11.4. The van der Waals surface area contributed by atoms with E-state index >= 15 is 0 Å². The van der Waals surface area contributed by atoms with Crippen molar-refractivity contribution >= 4 is 10.0 Å². The van der Waals surface area contributed by atoms with Gasteiger partial charge in [0.25, 0.3) is 0 Å². The molecule has 0 aliphatic carbocycles. The first kappa shape index (κ1) is 13.8. The second-order valence-corrected chi connectivity index (χ2v) is 6.31. The number of hydrogen-bond acceptors (Lipinski definition) is 2. The number of benzene rings is 2. The standard InChI is InChI=1S/C15H17NO2S/c1-19(17,18)16-12-11-13-7-9-15(10-8-13)14-5-3-2-4-6-14/h2-10,16H,11-12H2,1H3. The van der Waals surface area contributed by atoms with Crippen LogP contribution in [0.25, 0.3) is 11.1 Å². The largest absolute Gasteiger partial charge is 0.215 e. The zero-order valence-corrected chi connectivity index (χ0v) is 11.7. The Morgan fingerprint density at radius 1 is 0.895 bits per heavy atom. The molecule has 0 fully saturated rings. The summed E-state index contributed by atoms with van der Waals surface area (Å²) in [4.78, 5) is 0. The summed E-state index contributed by atoms with van der Waals surface area (Å²) in [7, 11) is -3.10. The molecule has 0 amide bonds. The third kappa shape index (κ3) is 4.50. The highest BCUT2D eigenvalue weighted by molar-refractivity contribution is 7.88. The highest BCUT2D eigenvalue weighted by atomic mass is 32.2.